The average molecular weight is 213 g/mol. The van der Waals surface area contributed by atoms with Crippen LogP contribution in [-0.4, -0.2) is 18.5 Å². The zero-order valence-electron chi connectivity index (χ0n) is 7.78. The Morgan fingerprint density at radius 3 is 2.93 bits per heavy atom. The van der Waals surface area contributed by atoms with Crippen LogP contribution in [0.3, 0.4) is 0 Å². The van der Waals surface area contributed by atoms with E-state index in [0.29, 0.717) is 6.61 Å². The van der Waals surface area contributed by atoms with Crippen molar-refractivity contribution >= 4 is 28.2 Å². The number of ether oxygens (including phenoxy) is 1. The van der Waals surface area contributed by atoms with Crippen molar-refractivity contribution in [1.29, 1.82) is 0 Å². The maximum atomic E-state index is 11.2. The van der Waals surface area contributed by atoms with Crippen LogP contribution in [0.1, 0.15) is 13.3 Å². The molecular formula is C9H11NO3S. The van der Waals surface area contributed by atoms with Gasteiger partial charge in [0.25, 0.3) is 0 Å². The molecule has 1 amide bonds. The lowest BCUT2D eigenvalue weighted by molar-refractivity contribution is -0.145. The minimum Gasteiger partial charge on any atom is -0.466 e. The van der Waals surface area contributed by atoms with Crippen LogP contribution in [0.5, 0.6) is 0 Å². The molecule has 1 aromatic rings. The molecule has 14 heavy (non-hydrogen) atoms. The Hall–Kier alpha value is -1.36. The second-order valence-corrected chi connectivity index (χ2v) is 3.45. The normalized spacial score (nSPS) is 9.50. The maximum absolute atomic E-state index is 11.2. The highest BCUT2D eigenvalue weighted by Gasteiger charge is 2.10. The Labute approximate surface area is 85.9 Å². The van der Waals surface area contributed by atoms with Crippen LogP contribution in [0, 0.1) is 0 Å². The summed E-state index contributed by atoms with van der Waals surface area (Å²) >= 11 is 1.41. The third kappa shape index (κ3) is 3.57. The molecule has 4 nitrogen and oxygen atoms in total. The summed E-state index contributed by atoms with van der Waals surface area (Å²) in [5, 5.41) is 5.17. The van der Waals surface area contributed by atoms with E-state index in [1.165, 1.54) is 11.3 Å². The van der Waals surface area contributed by atoms with Gasteiger partial charge in [0, 0.05) is 0 Å². The van der Waals surface area contributed by atoms with Gasteiger partial charge in [-0.3, -0.25) is 9.59 Å². The number of nitrogens with one attached hydrogen (secondary N) is 1. The summed E-state index contributed by atoms with van der Waals surface area (Å²) in [6.07, 6.45) is -0.230. The number of anilines is 1. The summed E-state index contributed by atoms with van der Waals surface area (Å²) in [5.41, 5.74) is 0. The van der Waals surface area contributed by atoms with Gasteiger partial charge in [0.2, 0.25) is 5.91 Å². The van der Waals surface area contributed by atoms with Crippen molar-refractivity contribution in [2.24, 2.45) is 0 Å². The van der Waals surface area contributed by atoms with Gasteiger partial charge in [0.15, 0.2) is 0 Å². The summed E-state index contributed by atoms with van der Waals surface area (Å²) in [6.45, 7) is 2.00. The van der Waals surface area contributed by atoms with E-state index in [9.17, 15) is 9.59 Å². The summed E-state index contributed by atoms with van der Waals surface area (Å²) in [4.78, 5) is 22.1. The Morgan fingerprint density at radius 1 is 1.57 bits per heavy atom. The highest BCUT2D eigenvalue weighted by molar-refractivity contribution is 7.14. The lowest BCUT2D eigenvalue weighted by atomic mass is 10.4. The SMILES string of the molecule is CCOC(=O)CC(=O)Nc1cccs1. The third-order valence-corrected chi connectivity index (χ3v) is 2.18. The van der Waals surface area contributed by atoms with Gasteiger partial charge in [0.05, 0.1) is 11.6 Å². The minimum absolute atomic E-state index is 0.230. The fraction of sp³-hybridized carbons (Fsp3) is 0.333. The highest BCUT2D eigenvalue weighted by Crippen LogP contribution is 2.14. The van der Waals surface area contributed by atoms with Crippen LogP contribution in [0.2, 0.25) is 0 Å². The molecule has 1 N–H and O–H groups in total. The molecule has 0 bridgehead atoms. The predicted octanol–water partition coefficient (Wildman–Crippen LogP) is 1.64. The largest absolute Gasteiger partial charge is 0.466 e. The van der Waals surface area contributed by atoms with Gasteiger partial charge in [0.1, 0.15) is 6.42 Å². The van der Waals surface area contributed by atoms with E-state index in [2.05, 4.69) is 10.1 Å². The van der Waals surface area contributed by atoms with E-state index >= 15 is 0 Å². The maximum Gasteiger partial charge on any atom is 0.315 e. The number of thiophene rings is 1. The molecule has 0 fully saturated rings. The lowest BCUT2D eigenvalue weighted by Crippen LogP contribution is -2.17. The summed E-state index contributed by atoms with van der Waals surface area (Å²) < 4.78 is 4.64. The average Bonchev–Trinajstić information content (AvgIpc) is 2.56. The lowest BCUT2D eigenvalue weighted by Gasteiger charge is -2.01. The molecule has 76 valence electrons. The monoisotopic (exact) mass is 213 g/mol. The molecule has 0 aromatic carbocycles. The zero-order valence-corrected chi connectivity index (χ0v) is 8.60. The Kier molecular flexibility index (Phi) is 4.12. The van der Waals surface area contributed by atoms with Gasteiger partial charge in [-0.25, -0.2) is 0 Å². The fourth-order valence-corrected chi connectivity index (χ4v) is 1.51. The fourth-order valence-electron chi connectivity index (χ4n) is 0.874. The first-order chi connectivity index (χ1) is 6.72. The molecule has 0 aliphatic heterocycles. The van der Waals surface area contributed by atoms with Crippen molar-refractivity contribution in [3.05, 3.63) is 17.5 Å². The van der Waals surface area contributed by atoms with E-state index in [0.717, 1.165) is 5.00 Å². The van der Waals surface area contributed by atoms with Crippen LogP contribution in [0.25, 0.3) is 0 Å². The summed E-state index contributed by atoms with van der Waals surface area (Å²) in [6, 6.07) is 3.60. The van der Waals surface area contributed by atoms with Crippen LogP contribution < -0.4 is 5.32 Å². The molecule has 1 aromatic heterocycles. The van der Waals surface area contributed by atoms with Crippen molar-refractivity contribution in [2.75, 3.05) is 11.9 Å². The number of carbonyl (C=O) groups is 2. The van der Waals surface area contributed by atoms with Crippen molar-refractivity contribution in [3.63, 3.8) is 0 Å². The zero-order chi connectivity index (χ0) is 10.4. The number of hydrogen-bond acceptors (Lipinski definition) is 4. The number of amides is 1. The molecule has 1 rings (SSSR count). The minimum atomic E-state index is -0.499. The first-order valence-corrected chi connectivity index (χ1v) is 5.09. The number of hydrogen-bond donors (Lipinski definition) is 1. The Morgan fingerprint density at radius 2 is 2.36 bits per heavy atom. The topological polar surface area (TPSA) is 55.4 Å². The van der Waals surface area contributed by atoms with Gasteiger partial charge in [-0.15, -0.1) is 11.3 Å². The molecule has 0 atom stereocenters. The van der Waals surface area contributed by atoms with E-state index in [-0.39, 0.29) is 12.3 Å². The standard InChI is InChI=1S/C9H11NO3S/c1-2-13-9(12)6-7(11)10-8-4-3-5-14-8/h3-5H,2,6H2,1H3,(H,10,11). The summed E-state index contributed by atoms with van der Waals surface area (Å²) in [5.74, 6) is -0.840. The first-order valence-electron chi connectivity index (χ1n) is 4.21. The van der Waals surface area contributed by atoms with Gasteiger partial charge in [-0.2, -0.15) is 0 Å². The molecule has 1 heterocycles. The Balaban J connectivity index is 2.33. The van der Waals surface area contributed by atoms with Crippen molar-refractivity contribution < 1.29 is 14.3 Å². The highest BCUT2D eigenvalue weighted by atomic mass is 32.1. The first kappa shape index (κ1) is 10.7. The number of rotatable bonds is 4. The molecule has 0 unspecified atom stereocenters. The molecule has 0 saturated carbocycles. The molecule has 0 radical (unpaired) electrons. The van der Waals surface area contributed by atoms with Crippen molar-refractivity contribution in [2.45, 2.75) is 13.3 Å². The van der Waals surface area contributed by atoms with Crippen LogP contribution >= 0.6 is 11.3 Å². The van der Waals surface area contributed by atoms with Crippen LogP contribution in [0.4, 0.5) is 5.00 Å². The van der Waals surface area contributed by atoms with Gasteiger partial charge in [-0.1, -0.05) is 0 Å². The number of carbonyl (C=O) groups excluding carboxylic acids is 2. The third-order valence-electron chi connectivity index (χ3n) is 1.39. The molecule has 0 aliphatic rings. The van der Waals surface area contributed by atoms with E-state index in [4.69, 9.17) is 0 Å². The molecular weight excluding hydrogens is 202 g/mol. The molecule has 5 heteroatoms. The number of esters is 1. The molecule has 0 saturated heterocycles. The van der Waals surface area contributed by atoms with Crippen molar-refractivity contribution in [3.8, 4) is 0 Å². The summed E-state index contributed by atoms with van der Waals surface area (Å²) in [7, 11) is 0. The van der Waals surface area contributed by atoms with Gasteiger partial charge in [-0.05, 0) is 24.4 Å². The van der Waals surface area contributed by atoms with Crippen molar-refractivity contribution in [1.82, 2.24) is 0 Å². The Bertz CT molecular complexity index is 308. The smallest absolute Gasteiger partial charge is 0.315 e. The molecule has 0 spiro atoms. The van der Waals surface area contributed by atoms with Crippen LogP contribution in [-0.2, 0) is 14.3 Å². The second kappa shape index (κ2) is 5.39. The van der Waals surface area contributed by atoms with E-state index in [1.807, 2.05) is 11.4 Å². The predicted molar refractivity (Wildman–Crippen MR) is 54.2 cm³/mol. The second-order valence-electron chi connectivity index (χ2n) is 2.51. The van der Waals surface area contributed by atoms with Gasteiger partial charge >= 0.3 is 5.97 Å². The van der Waals surface area contributed by atoms with E-state index < -0.39 is 5.97 Å². The van der Waals surface area contributed by atoms with E-state index in [1.54, 1.807) is 13.0 Å². The molecule has 0 aliphatic carbocycles. The van der Waals surface area contributed by atoms with Crippen LogP contribution in [0.15, 0.2) is 17.5 Å². The quantitative estimate of drug-likeness (QED) is 0.611. The van der Waals surface area contributed by atoms with Gasteiger partial charge < -0.3 is 10.1 Å².